The third-order valence-corrected chi connectivity index (χ3v) is 5.28. The van der Waals surface area contributed by atoms with Crippen LogP contribution in [0.25, 0.3) is 10.9 Å². The van der Waals surface area contributed by atoms with Gasteiger partial charge in [0.15, 0.2) is 0 Å². The summed E-state index contributed by atoms with van der Waals surface area (Å²) in [6.07, 6.45) is 1.20. The Morgan fingerprint density at radius 2 is 2.06 bits per heavy atom. The quantitative estimate of drug-likeness (QED) is 0.480. The number of benzene rings is 2. The molecule has 9 nitrogen and oxygen atoms in total. The molecule has 160 valence electrons. The fraction of sp³-hybridized carbons (Fsp3) is 0.190. The van der Waals surface area contributed by atoms with E-state index in [-0.39, 0.29) is 34.0 Å². The molecule has 2 heterocycles. The van der Waals surface area contributed by atoms with Crippen LogP contribution < -0.4 is 15.4 Å². The Labute approximate surface area is 197 Å². The molecule has 3 N–H and O–H groups in total. The normalized spacial score (nSPS) is 19.0. The second-order valence-corrected chi connectivity index (χ2v) is 7.95. The number of aromatic nitrogens is 4. The lowest BCUT2D eigenvalue weighted by atomic mass is 10.2. The minimum absolute atomic E-state index is 0.0124. The monoisotopic (exact) mass is 449 g/mol. The first kappa shape index (κ1) is 10.7. The first-order chi connectivity index (χ1) is 19.5. The maximum absolute atomic E-state index is 12.1. The van der Waals surface area contributed by atoms with Crippen molar-refractivity contribution in [2.24, 2.45) is 12.1 Å². The summed E-state index contributed by atoms with van der Waals surface area (Å²) in [7, 11) is -4.45. The molecule has 0 saturated carbocycles. The highest BCUT2D eigenvalue weighted by atomic mass is 32.2. The van der Waals surface area contributed by atoms with E-state index in [2.05, 4.69) is 20.4 Å². The highest BCUT2D eigenvalue weighted by molar-refractivity contribution is 7.89. The third kappa shape index (κ3) is 4.07. The minimum Gasteiger partial charge on any atom is -0.329 e. The molecule has 10 heteroatoms. The lowest BCUT2D eigenvalue weighted by molar-refractivity contribution is 0.597. The Morgan fingerprint density at radius 3 is 2.81 bits per heavy atom. The second-order valence-electron chi connectivity index (χ2n) is 6.42. The van der Waals surface area contributed by atoms with Crippen LogP contribution in [-0.2, 0) is 17.0 Å². The molecule has 0 aliphatic rings. The largest absolute Gasteiger partial charge is 0.329 e. The fourth-order valence-electron chi connectivity index (χ4n) is 2.84. The molecule has 2 aromatic carbocycles. The average Bonchev–Trinajstić information content (AvgIpc) is 3.23. The molecule has 0 unspecified atom stereocenters. The Bertz CT molecular complexity index is 1800. The topological polar surface area (TPSA) is 119 Å². The summed E-state index contributed by atoms with van der Waals surface area (Å²) in [6.45, 7) is -11.4. The predicted molar refractivity (Wildman–Crippen MR) is 121 cm³/mol. The Balaban J connectivity index is 1.79. The van der Waals surface area contributed by atoms with E-state index in [1.54, 1.807) is 0 Å². The number of anilines is 4. The SMILES string of the molecule is [2H]C([2H])([2H])c1ccc(Nc2nccc(N(c3ccc4c(C([2H])([2H])[2H])n(C([2H])([2H])[2H])nc4c3)C([2H])([2H])[2H])n2)cc1S(N)(=O)=O. The van der Waals surface area contributed by atoms with Gasteiger partial charge in [-0.25, -0.2) is 18.5 Å². The van der Waals surface area contributed by atoms with Crippen LogP contribution in [0, 0.1) is 13.7 Å². The van der Waals surface area contributed by atoms with E-state index in [1.165, 1.54) is 36.5 Å². The number of hydrogen-bond donors (Lipinski definition) is 2. The van der Waals surface area contributed by atoms with E-state index in [4.69, 9.17) is 21.6 Å². The van der Waals surface area contributed by atoms with Crippen molar-refractivity contribution in [3.8, 4) is 0 Å². The van der Waals surface area contributed by atoms with Gasteiger partial charge >= 0.3 is 0 Å². The molecule has 0 amide bonds. The highest BCUT2D eigenvalue weighted by Crippen LogP contribution is 2.28. The van der Waals surface area contributed by atoms with E-state index in [1.807, 2.05) is 0 Å². The zero-order valence-corrected chi connectivity index (χ0v) is 16.5. The van der Waals surface area contributed by atoms with Crippen molar-refractivity contribution in [2.45, 2.75) is 18.6 Å². The maximum Gasteiger partial charge on any atom is 0.238 e. The van der Waals surface area contributed by atoms with E-state index in [0.717, 1.165) is 17.0 Å². The van der Waals surface area contributed by atoms with Crippen molar-refractivity contribution in [3.05, 3.63) is 59.9 Å². The summed E-state index contributed by atoms with van der Waals surface area (Å²) >= 11 is 0. The summed E-state index contributed by atoms with van der Waals surface area (Å²) in [5.74, 6) is -0.389. The summed E-state index contributed by atoms with van der Waals surface area (Å²) < 4.78 is 118. The molecule has 0 fully saturated rings. The molecule has 0 aliphatic carbocycles. The van der Waals surface area contributed by atoms with Crippen LogP contribution in [0.4, 0.5) is 23.1 Å². The summed E-state index contributed by atoms with van der Waals surface area (Å²) in [5, 5.41) is 11.8. The van der Waals surface area contributed by atoms with Crippen molar-refractivity contribution >= 4 is 44.1 Å². The minimum atomic E-state index is -4.45. The van der Waals surface area contributed by atoms with Gasteiger partial charge in [0.25, 0.3) is 0 Å². The van der Waals surface area contributed by atoms with Gasteiger partial charge in [-0.05, 0) is 55.7 Å². The van der Waals surface area contributed by atoms with Crippen molar-refractivity contribution < 1.29 is 24.9 Å². The second kappa shape index (κ2) is 7.64. The van der Waals surface area contributed by atoms with E-state index in [0.29, 0.717) is 4.68 Å². The molecular weight excluding hydrogens is 414 g/mol. The molecule has 0 spiro atoms. The lowest BCUT2D eigenvalue weighted by Gasteiger charge is -2.19. The number of hydrogen-bond acceptors (Lipinski definition) is 7. The van der Waals surface area contributed by atoms with Gasteiger partial charge in [0.1, 0.15) is 5.82 Å². The number of nitrogens with one attached hydrogen (secondary N) is 1. The standard InChI is InChI=1S/C21H23N7O2S/c1-13-5-6-15(11-19(13)31(22,29)30)24-21-23-10-9-20(25-21)27(3)16-7-8-17-14(2)28(4)26-18(17)12-16/h5-12H,1-4H3,(H2,22,29,30)(H,23,24,25)/i1D3,2D3,3D3,4D3. The third-order valence-electron chi connectivity index (χ3n) is 4.33. The number of sulfonamides is 1. The Morgan fingerprint density at radius 1 is 1.16 bits per heavy atom. The van der Waals surface area contributed by atoms with Crippen LogP contribution in [0.3, 0.4) is 0 Å². The predicted octanol–water partition coefficient (Wildman–Crippen LogP) is 3.14. The molecule has 0 atom stereocenters. The van der Waals surface area contributed by atoms with Gasteiger partial charge in [0.2, 0.25) is 16.0 Å². The molecule has 2 aromatic heterocycles. The molecule has 4 aromatic rings. The highest BCUT2D eigenvalue weighted by Gasteiger charge is 2.14. The molecule has 4 rings (SSSR count). The van der Waals surface area contributed by atoms with Gasteiger partial charge in [0.05, 0.1) is 10.4 Å². The molecule has 0 bridgehead atoms. The van der Waals surface area contributed by atoms with Gasteiger partial charge in [-0.1, -0.05) is 6.07 Å². The molecule has 31 heavy (non-hydrogen) atoms. The first-order valence-corrected chi connectivity index (χ1v) is 10.1. The molecular formula is C21H23N7O2S. The van der Waals surface area contributed by atoms with Gasteiger partial charge in [-0.15, -0.1) is 0 Å². The van der Waals surface area contributed by atoms with Crippen LogP contribution in [0.1, 0.15) is 27.7 Å². The zero-order chi connectivity index (χ0) is 32.3. The van der Waals surface area contributed by atoms with Crippen molar-refractivity contribution in [2.75, 3.05) is 17.2 Å². The Hall–Kier alpha value is -3.50. The van der Waals surface area contributed by atoms with Crippen molar-refractivity contribution in [1.29, 1.82) is 0 Å². The zero-order valence-electron chi connectivity index (χ0n) is 27.7. The molecule has 0 aliphatic heterocycles. The smallest absolute Gasteiger partial charge is 0.238 e. The fourth-order valence-corrected chi connectivity index (χ4v) is 3.51. The number of fused-ring (bicyclic) bond motifs is 1. The number of aryl methyl sites for hydroxylation is 3. The average molecular weight is 450 g/mol. The number of nitrogens with two attached hydrogens (primary N) is 1. The number of nitrogens with zero attached hydrogens (tertiary/aromatic N) is 5. The van der Waals surface area contributed by atoms with E-state index < -0.39 is 53.8 Å². The summed E-state index contributed by atoms with van der Waals surface area (Å²) in [6, 6.07) is 8.27. The molecule has 0 saturated heterocycles. The first-order valence-electron chi connectivity index (χ1n) is 14.6. The van der Waals surface area contributed by atoms with Crippen LogP contribution in [0.5, 0.6) is 0 Å². The summed E-state index contributed by atoms with van der Waals surface area (Å²) in [5.41, 5.74) is -1.13. The van der Waals surface area contributed by atoms with Crippen LogP contribution in [0.2, 0.25) is 0 Å². The number of primary sulfonamides is 1. The van der Waals surface area contributed by atoms with Gasteiger partial charge in [0, 0.05) is 59.1 Å². The maximum atomic E-state index is 12.1. The van der Waals surface area contributed by atoms with E-state index >= 15 is 0 Å². The lowest BCUT2D eigenvalue weighted by Crippen LogP contribution is -2.14. The van der Waals surface area contributed by atoms with Crippen LogP contribution in [-0.4, -0.2) is 35.1 Å². The summed E-state index contributed by atoms with van der Waals surface area (Å²) in [4.78, 5) is 8.36. The van der Waals surface area contributed by atoms with Crippen molar-refractivity contribution in [1.82, 2.24) is 19.7 Å². The van der Waals surface area contributed by atoms with Gasteiger partial charge < -0.3 is 10.2 Å². The van der Waals surface area contributed by atoms with Crippen molar-refractivity contribution in [3.63, 3.8) is 0 Å². The van der Waals surface area contributed by atoms with E-state index in [9.17, 15) is 8.42 Å². The van der Waals surface area contributed by atoms with Gasteiger partial charge in [-0.3, -0.25) is 4.68 Å². The molecule has 0 radical (unpaired) electrons. The van der Waals surface area contributed by atoms with Gasteiger partial charge in [-0.2, -0.15) is 10.1 Å². The number of rotatable bonds is 5. The Kier molecular flexibility index (Phi) is 2.63. The van der Waals surface area contributed by atoms with Crippen LogP contribution >= 0.6 is 0 Å². The van der Waals surface area contributed by atoms with Crippen LogP contribution in [0.15, 0.2) is 53.6 Å².